The molecule has 0 spiro atoms. The van der Waals surface area contributed by atoms with E-state index in [0.717, 1.165) is 12.1 Å². The molecule has 0 N–H and O–H groups in total. The first-order chi connectivity index (χ1) is 7.39. The summed E-state index contributed by atoms with van der Waals surface area (Å²) in [6.07, 6.45) is 1.83. The summed E-state index contributed by atoms with van der Waals surface area (Å²) < 4.78 is 5.08. The molecule has 0 saturated heterocycles. The van der Waals surface area contributed by atoms with E-state index in [1.165, 1.54) is 0 Å². The van der Waals surface area contributed by atoms with E-state index in [0.29, 0.717) is 25.4 Å². The number of carbonyl (C=O) groups excluding carboxylic acids is 1. The van der Waals surface area contributed by atoms with Gasteiger partial charge in [0, 0.05) is 6.42 Å². The van der Waals surface area contributed by atoms with Crippen LogP contribution in [0.15, 0.2) is 5.16 Å². The highest BCUT2D eigenvalue weighted by Gasteiger charge is 2.28. The molecule has 0 atom stereocenters. The minimum atomic E-state index is -0.211. The molecule has 4 heteroatoms. The molecule has 1 rings (SSSR count). The first-order valence-electron chi connectivity index (χ1n) is 5.78. The highest BCUT2D eigenvalue weighted by atomic mass is 16.7. The number of oxime groups is 1. The van der Waals surface area contributed by atoms with Crippen LogP contribution < -0.4 is 0 Å². The minimum Gasteiger partial charge on any atom is -0.465 e. The Hall–Kier alpha value is -1.06. The van der Waals surface area contributed by atoms with Gasteiger partial charge < -0.3 is 9.57 Å². The van der Waals surface area contributed by atoms with Gasteiger partial charge in [0.05, 0.1) is 18.7 Å². The summed E-state index contributed by atoms with van der Waals surface area (Å²) in [4.78, 5) is 16.6. The van der Waals surface area contributed by atoms with E-state index in [1.54, 1.807) is 0 Å². The maximum Gasteiger partial charge on any atom is 0.306 e. The SMILES string of the molecule is CC(C)COC(=O)CCC1=NOC(C)(C)C1. The average molecular weight is 227 g/mol. The average Bonchev–Trinajstić information content (AvgIpc) is 2.52. The number of nitrogens with zero attached hydrogens (tertiary/aromatic N) is 1. The zero-order valence-electron chi connectivity index (χ0n) is 10.6. The fraction of sp³-hybridized carbons (Fsp3) is 0.833. The lowest BCUT2D eigenvalue weighted by Crippen LogP contribution is -2.19. The van der Waals surface area contributed by atoms with Crippen molar-refractivity contribution >= 4 is 11.7 Å². The summed E-state index contributed by atoms with van der Waals surface area (Å²) in [5, 5.41) is 3.96. The van der Waals surface area contributed by atoms with Gasteiger partial charge in [0.25, 0.3) is 0 Å². The van der Waals surface area contributed by atoms with Gasteiger partial charge in [-0.3, -0.25) is 4.79 Å². The zero-order valence-corrected chi connectivity index (χ0v) is 10.6. The van der Waals surface area contributed by atoms with Crippen LogP contribution in [-0.4, -0.2) is 23.9 Å². The Morgan fingerprint density at radius 3 is 2.75 bits per heavy atom. The molecular weight excluding hydrogens is 206 g/mol. The minimum absolute atomic E-state index is 0.152. The molecule has 92 valence electrons. The third-order valence-corrected chi connectivity index (χ3v) is 2.25. The van der Waals surface area contributed by atoms with E-state index >= 15 is 0 Å². The Labute approximate surface area is 97.0 Å². The van der Waals surface area contributed by atoms with Gasteiger partial charge in [-0.15, -0.1) is 0 Å². The third-order valence-electron chi connectivity index (χ3n) is 2.25. The molecule has 16 heavy (non-hydrogen) atoms. The van der Waals surface area contributed by atoms with Crippen molar-refractivity contribution in [3.8, 4) is 0 Å². The largest absolute Gasteiger partial charge is 0.465 e. The Morgan fingerprint density at radius 2 is 2.25 bits per heavy atom. The van der Waals surface area contributed by atoms with E-state index in [4.69, 9.17) is 9.57 Å². The summed E-state index contributed by atoms with van der Waals surface area (Å²) in [7, 11) is 0. The molecule has 0 fully saturated rings. The first-order valence-corrected chi connectivity index (χ1v) is 5.78. The Bertz CT molecular complexity index is 282. The molecule has 0 aromatic rings. The van der Waals surface area contributed by atoms with Crippen LogP contribution in [0.5, 0.6) is 0 Å². The maximum absolute atomic E-state index is 11.3. The molecule has 0 aromatic carbocycles. The predicted octanol–water partition coefficient (Wildman–Crippen LogP) is 2.52. The second-order valence-corrected chi connectivity index (χ2v) is 5.26. The van der Waals surface area contributed by atoms with Crippen molar-refractivity contribution in [1.29, 1.82) is 0 Å². The van der Waals surface area contributed by atoms with Gasteiger partial charge in [-0.25, -0.2) is 0 Å². The molecule has 0 amide bonds. The van der Waals surface area contributed by atoms with Gasteiger partial charge in [0.1, 0.15) is 5.60 Å². The summed E-state index contributed by atoms with van der Waals surface area (Å²) in [6, 6.07) is 0. The van der Waals surface area contributed by atoms with Crippen molar-refractivity contribution in [2.75, 3.05) is 6.61 Å². The number of hydrogen-bond donors (Lipinski definition) is 0. The van der Waals surface area contributed by atoms with Gasteiger partial charge in [-0.1, -0.05) is 19.0 Å². The van der Waals surface area contributed by atoms with Gasteiger partial charge >= 0.3 is 5.97 Å². The zero-order chi connectivity index (χ0) is 12.2. The number of ether oxygens (including phenoxy) is 1. The molecule has 0 unspecified atom stereocenters. The second-order valence-electron chi connectivity index (χ2n) is 5.26. The lowest BCUT2D eigenvalue weighted by Gasteiger charge is -2.13. The van der Waals surface area contributed by atoms with Crippen molar-refractivity contribution in [1.82, 2.24) is 0 Å². The summed E-state index contributed by atoms with van der Waals surface area (Å²) >= 11 is 0. The van der Waals surface area contributed by atoms with Crippen LogP contribution in [0, 0.1) is 5.92 Å². The Kier molecular flexibility index (Phi) is 4.33. The molecule has 0 aliphatic carbocycles. The maximum atomic E-state index is 11.3. The monoisotopic (exact) mass is 227 g/mol. The fourth-order valence-corrected chi connectivity index (χ4v) is 1.46. The third kappa shape index (κ3) is 4.64. The van der Waals surface area contributed by atoms with Gasteiger partial charge in [-0.2, -0.15) is 0 Å². The first kappa shape index (κ1) is 13.0. The van der Waals surface area contributed by atoms with Crippen molar-refractivity contribution in [2.24, 2.45) is 11.1 Å². The van der Waals surface area contributed by atoms with Crippen molar-refractivity contribution in [2.45, 2.75) is 52.6 Å². The standard InChI is InChI=1S/C12H21NO3/c1-9(2)8-15-11(14)6-5-10-7-12(3,4)16-13-10/h9H,5-8H2,1-4H3. The van der Waals surface area contributed by atoms with Gasteiger partial charge in [0.15, 0.2) is 0 Å². The quantitative estimate of drug-likeness (QED) is 0.678. The second kappa shape index (κ2) is 5.32. The van der Waals surface area contributed by atoms with Crippen molar-refractivity contribution < 1.29 is 14.4 Å². The Balaban J connectivity index is 2.18. The molecule has 0 aromatic heterocycles. The summed E-state index contributed by atoms with van der Waals surface area (Å²) in [5.41, 5.74) is 0.739. The van der Waals surface area contributed by atoms with Crippen molar-refractivity contribution in [3.05, 3.63) is 0 Å². The molecule has 0 radical (unpaired) electrons. The molecule has 1 heterocycles. The number of rotatable bonds is 5. The Morgan fingerprint density at radius 1 is 1.56 bits per heavy atom. The molecule has 0 saturated carbocycles. The van der Waals surface area contributed by atoms with E-state index in [-0.39, 0.29) is 11.6 Å². The van der Waals surface area contributed by atoms with Crippen LogP contribution in [0.2, 0.25) is 0 Å². The highest BCUT2D eigenvalue weighted by Crippen LogP contribution is 2.24. The van der Waals surface area contributed by atoms with Gasteiger partial charge in [-0.05, 0) is 26.2 Å². The normalized spacial score (nSPS) is 18.2. The molecule has 1 aliphatic rings. The molecule has 1 aliphatic heterocycles. The van der Waals surface area contributed by atoms with Crippen LogP contribution in [0.1, 0.15) is 47.0 Å². The van der Waals surface area contributed by atoms with Crippen LogP contribution in [0.3, 0.4) is 0 Å². The van der Waals surface area contributed by atoms with E-state index in [2.05, 4.69) is 5.16 Å². The van der Waals surface area contributed by atoms with Gasteiger partial charge in [0.2, 0.25) is 0 Å². The smallest absolute Gasteiger partial charge is 0.306 e. The topological polar surface area (TPSA) is 47.9 Å². The van der Waals surface area contributed by atoms with Crippen LogP contribution >= 0.6 is 0 Å². The predicted molar refractivity (Wildman–Crippen MR) is 62.2 cm³/mol. The van der Waals surface area contributed by atoms with E-state index < -0.39 is 0 Å². The van der Waals surface area contributed by atoms with Crippen LogP contribution in [0.25, 0.3) is 0 Å². The molecule has 0 bridgehead atoms. The van der Waals surface area contributed by atoms with E-state index in [9.17, 15) is 4.79 Å². The number of esters is 1. The van der Waals surface area contributed by atoms with Crippen molar-refractivity contribution in [3.63, 3.8) is 0 Å². The summed E-state index contributed by atoms with van der Waals surface area (Å²) in [5.74, 6) is 0.233. The lowest BCUT2D eigenvalue weighted by molar-refractivity contribution is -0.144. The van der Waals surface area contributed by atoms with E-state index in [1.807, 2.05) is 27.7 Å². The number of carbonyl (C=O) groups is 1. The molecule has 4 nitrogen and oxygen atoms in total. The van der Waals surface area contributed by atoms with Crippen LogP contribution in [-0.2, 0) is 14.4 Å². The molecular formula is C12H21NO3. The summed E-state index contributed by atoms with van der Waals surface area (Å²) in [6.45, 7) is 8.50. The van der Waals surface area contributed by atoms with Crippen LogP contribution in [0.4, 0.5) is 0 Å². The number of hydrogen-bond acceptors (Lipinski definition) is 4. The fourth-order valence-electron chi connectivity index (χ4n) is 1.46. The highest BCUT2D eigenvalue weighted by molar-refractivity contribution is 5.88. The lowest BCUT2D eigenvalue weighted by atomic mass is 10.00.